The topological polar surface area (TPSA) is 66.9 Å². The molecule has 0 aliphatic heterocycles. The molecule has 6 heteroatoms. The Morgan fingerprint density at radius 2 is 1.59 bits per heavy atom. The Bertz CT molecular complexity index is 841. The summed E-state index contributed by atoms with van der Waals surface area (Å²) in [7, 11) is 0. The number of pyridine rings is 2. The van der Waals surface area contributed by atoms with Gasteiger partial charge >= 0.3 is 0 Å². The summed E-state index contributed by atoms with van der Waals surface area (Å²) in [4.78, 5) is 22.3. The van der Waals surface area contributed by atoms with Crippen molar-refractivity contribution in [3.05, 3.63) is 90.0 Å². The van der Waals surface area contributed by atoms with Crippen molar-refractivity contribution in [3.8, 4) is 0 Å². The van der Waals surface area contributed by atoms with Gasteiger partial charge in [0, 0.05) is 42.8 Å². The van der Waals surface area contributed by atoms with Crippen molar-refractivity contribution < 1.29 is 4.79 Å². The van der Waals surface area contributed by atoms with Crippen LogP contribution in [0.5, 0.6) is 0 Å². The molecule has 2 aromatic heterocycles. The molecule has 1 unspecified atom stereocenters. The number of benzene rings is 1. The van der Waals surface area contributed by atoms with Crippen LogP contribution in [-0.2, 0) is 17.9 Å². The molecular formula is C21H22N4OS. The Hall–Kier alpha value is -2.70. The van der Waals surface area contributed by atoms with E-state index >= 15 is 0 Å². The third-order valence-corrected chi connectivity index (χ3v) is 4.88. The molecule has 0 saturated carbocycles. The van der Waals surface area contributed by atoms with Gasteiger partial charge in [0.2, 0.25) is 5.91 Å². The number of hydrogen-bond donors (Lipinski definition) is 2. The summed E-state index contributed by atoms with van der Waals surface area (Å²) in [5.74, 6) is -0.0698. The Labute approximate surface area is 163 Å². The van der Waals surface area contributed by atoms with Gasteiger partial charge < -0.3 is 5.32 Å². The number of rotatable bonds is 8. The minimum absolute atomic E-state index is 0.0698. The Balaban J connectivity index is 1.72. The Morgan fingerprint density at radius 1 is 0.963 bits per heavy atom. The first-order chi connectivity index (χ1) is 13.3. The van der Waals surface area contributed by atoms with Crippen molar-refractivity contribution in [2.24, 2.45) is 0 Å². The second-order valence-electron chi connectivity index (χ2n) is 6.03. The minimum atomic E-state index is -0.446. The van der Waals surface area contributed by atoms with Crippen LogP contribution in [0.1, 0.15) is 22.7 Å². The van der Waals surface area contributed by atoms with Gasteiger partial charge in [0.25, 0.3) is 0 Å². The SMILES string of the molecule is CSc1ccc(C(NCc2cccnc2)C(=O)NCc2cccnc2)cc1. The van der Waals surface area contributed by atoms with Crippen LogP contribution in [0.25, 0.3) is 0 Å². The lowest BCUT2D eigenvalue weighted by molar-refractivity contribution is -0.123. The molecular weight excluding hydrogens is 356 g/mol. The van der Waals surface area contributed by atoms with Gasteiger partial charge in [-0.3, -0.25) is 20.1 Å². The number of carbonyl (C=O) groups is 1. The normalized spacial score (nSPS) is 11.7. The fraction of sp³-hybridized carbons (Fsp3) is 0.190. The largest absolute Gasteiger partial charge is 0.350 e. The summed E-state index contributed by atoms with van der Waals surface area (Å²) >= 11 is 1.68. The van der Waals surface area contributed by atoms with E-state index in [2.05, 4.69) is 20.6 Å². The molecule has 0 radical (unpaired) electrons. The summed E-state index contributed by atoms with van der Waals surface area (Å²) < 4.78 is 0. The molecule has 0 aliphatic rings. The number of amides is 1. The van der Waals surface area contributed by atoms with Gasteiger partial charge in [0.05, 0.1) is 0 Å². The van der Waals surface area contributed by atoms with Crippen LogP contribution in [-0.4, -0.2) is 22.1 Å². The lowest BCUT2D eigenvalue weighted by atomic mass is 10.1. The lowest BCUT2D eigenvalue weighted by Gasteiger charge is -2.19. The van der Waals surface area contributed by atoms with E-state index in [9.17, 15) is 4.79 Å². The van der Waals surface area contributed by atoms with Crippen molar-refractivity contribution in [1.82, 2.24) is 20.6 Å². The molecule has 5 nitrogen and oxygen atoms in total. The second kappa shape index (κ2) is 9.85. The van der Waals surface area contributed by atoms with Crippen molar-refractivity contribution in [2.45, 2.75) is 24.0 Å². The molecule has 0 saturated heterocycles. The molecule has 0 bridgehead atoms. The molecule has 0 spiro atoms. The molecule has 3 rings (SSSR count). The molecule has 27 heavy (non-hydrogen) atoms. The van der Waals surface area contributed by atoms with E-state index in [1.165, 1.54) is 4.90 Å². The number of nitrogens with one attached hydrogen (secondary N) is 2. The first kappa shape index (κ1) is 19.1. The van der Waals surface area contributed by atoms with E-state index in [-0.39, 0.29) is 5.91 Å². The third kappa shape index (κ3) is 5.64. The minimum Gasteiger partial charge on any atom is -0.350 e. The van der Waals surface area contributed by atoms with E-state index in [0.717, 1.165) is 16.7 Å². The predicted molar refractivity (Wildman–Crippen MR) is 108 cm³/mol. The molecule has 1 atom stereocenters. The van der Waals surface area contributed by atoms with Crippen molar-refractivity contribution >= 4 is 17.7 Å². The Kier molecular flexibility index (Phi) is 6.96. The average molecular weight is 379 g/mol. The van der Waals surface area contributed by atoms with E-state index in [0.29, 0.717) is 13.1 Å². The van der Waals surface area contributed by atoms with E-state index in [4.69, 9.17) is 0 Å². The standard InChI is InChI=1S/C21H22N4OS/c1-27-19-8-6-18(7-9-19)20(24-14-16-4-2-10-22-12-16)21(26)25-15-17-5-3-11-23-13-17/h2-13,20,24H,14-15H2,1H3,(H,25,26). The number of thioether (sulfide) groups is 1. The maximum atomic E-state index is 12.9. The first-order valence-corrected chi connectivity index (χ1v) is 9.91. The van der Waals surface area contributed by atoms with E-state index < -0.39 is 6.04 Å². The monoisotopic (exact) mass is 378 g/mol. The third-order valence-electron chi connectivity index (χ3n) is 4.13. The molecule has 138 valence electrons. The van der Waals surface area contributed by atoms with Crippen LogP contribution in [0.4, 0.5) is 0 Å². The lowest BCUT2D eigenvalue weighted by Crippen LogP contribution is -2.37. The highest BCUT2D eigenvalue weighted by atomic mass is 32.2. The highest BCUT2D eigenvalue weighted by Crippen LogP contribution is 2.20. The van der Waals surface area contributed by atoms with Crippen LogP contribution in [0.15, 0.2) is 78.2 Å². The fourth-order valence-electron chi connectivity index (χ4n) is 2.67. The van der Waals surface area contributed by atoms with E-state index in [1.54, 1.807) is 36.5 Å². The zero-order valence-electron chi connectivity index (χ0n) is 15.1. The van der Waals surface area contributed by atoms with Gasteiger partial charge in [-0.1, -0.05) is 24.3 Å². The summed E-state index contributed by atoms with van der Waals surface area (Å²) in [6.45, 7) is 1.00. The number of carbonyl (C=O) groups excluding carboxylic acids is 1. The molecule has 1 amide bonds. The summed E-state index contributed by atoms with van der Waals surface area (Å²) in [5, 5.41) is 6.35. The molecule has 3 aromatic rings. The van der Waals surface area contributed by atoms with Crippen LogP contribution in [0, 0.1) is 0 Å². The summed E-state index contributed by atoms with van der Waals surface area (Å²) in [5.41, 5.74) is 2.93. The zero-order valence-corrected chi connectivity index (χ0v) is 15.9. The van der Waals surface area contributed by atoms with Gasteiger partial charge in [0.1, 0.15) is 6.04 Å². The van der Waals surface area contributed by atoms with Crippen LogP contribution >= 0.6 is 11.8 Å². The van der Waals surface area contributed by atoms with Crippen LogP contribution < -0.4 is 10.6 Å². The maximum Gasteiger partial charge on any atom is 0.242 e. The van der Waals surface area contributed by atoms with Gasteiger partial charge in [-0.05, 0) is 47.2 Å². The van der Waals surface area contributed by atoms with Gasteiger partial charge in [0.15, 0.2) is 0 Å². The maximum absolute atomic E-state index is 12.9. The smallest absolute Gasteiger partial charge is 0.242 e. The Morgan fingerprint density at radius 3 is 2.15 bits per heavy atom. The summed E-state index contributed by atoms with van der Waals surface area (Å²) in [6, 6.07) is 15.3. The number of aromatic nitrogens is 2. The van der Waals surface area contributed by atoms with E-state index in [1.807, 2.05) is 54.8 Å². The molecule has 0 aliphatic carbocycles. The molecule has 1 aromatic carbocycles. The first-order valence-electron chi connectivity index (χ1n) is 8.69. The fourth-order valence-corrected chi connectivity index (χ4v) is 3.08. The van der Waals surface area contributed by atoms with Gasteiger partial charge in [-0.15, -0.1) is 11.8 Å². The zero-order chi connectivity index (χ0) is 18.9. The second-order valence-corrected chi connectivity index (χ2v) is 6.91. The summed E-state index contributed by atoms with van der Waals surface area (Å²) in [6.07, 6.45) is 9.05. The number of nitrogens with zero attached hydrogens (tertiary/aromatic N) is 2. The highest BCUT2D eigenvalue weighted by Gasteiger charge is 2.20. The van der Waals surface area contributed by atoms with Crippen molar-refractivity contribution in [3.63, 3.8) is 0 Å². The van der Waals surface area contributed by atoms with Crippen LogP contribution in [0.2, 0.25) is 0 Å². The quantitative estimate of drug-likeness (QED) is 0.589. The predicted octanol–water partition coefficient (Wildman–Crippen LogP) is 3.35. The molecule has 2 N–H and O–H groups in total. The average Bonchev–Trinajstić information content (AvgIpc) is 2.74. The number of hydrogen-bond acceptors (Lipinski definition) is 5. The molecule has 2 heterocycles. The van der Waals surface area contributed by atoms with Crippen molar-refractivity contribution in [1.29, 1.82) is 0 Å². The van der Waals surface area contributed by atoms with Crippen LogP contribution in [0.3, 0.4) is 0 Å². The van der Waals surface area contributed by atoms with Gasteiger partial charge in [-0.2, -0.15) is 0 Å². The van der Waals surface area contributed by atoms with Gasteiger partial charge in [-0.25, -0.2) is 0 Å². The highest BCUT2D eigenvalue weighted by molar-refractivity contribution is 7.98. The van der Waals surface area contributed by atoms with Crippen molar-refractivity contribution in [2.75, 3.05) is 6.26 Å². The molecule has 0 fully saturated rings.